The third-order valence-electron chi connectivity index (χ3n) is 4.87. The van der Waals surface area contributed by atoms with Gasteiger partial charge in [0.2, 0.25) is 0 Å². The van der Waals surface area contributed by atoms with Gasteiger partial charge < -0.3 is 19.3 Å². The monoisotopic (exact) mass is 356 g/mol. The van der Waals surface area contributed by atoms with Crippen LogP contribution in [0, 0.1) is 5.92 Å². The predicted molar refractivity (Wildman–Crippen MR) is 94.1 cm³/mol. The summed E-state index contributed by atoms with van der Waals surface area (Å²) < 4.78 is 5.14. The van der Waals surface area contributed by atoms with Gasteiger partial charge in [-0.05, 0) is 37.6 Å². The fourth-order valence-electron chi connectivity index (χ4n) is 3.33. The Hall–Kier alpha value is -3.09. The summed E-state index contributed by atoms with van der Waals surface area (Å²) in [7, 11) is 1.57. The van der Waals surface area contributed by atoms with Crippen molar-refractivity contribution in [3.8, 4) is 0 Å². The van der Waals surface area contributed by atoms with Crippen molar-refractivity contribution in [2.24, 2.45) is 5.92 Å². The Labute approximate surface area is 150 Å². The van der Waals surface area contributed by atoms with Gasteiger partial charge in [-0.25, -0.2) is 0 Å². The van der Waals surface area contributed by atoms with E-state index in [-0.39, 0.29) is 17.6 Å². The molecule has 3 rings (SSSR count). The first-order chi connectivity index (χ1) is 12.4. The molecule has 26 heavy (non-hydrogen) atoms. The van der Waals surface area contributed by atoms with Crippen LogP contribution in [0.4, 0.5) is 5.69 Å². The Balaban J connectivity index is 1.89. The molecule has 1 aliphatic rings. The molecule has 2 amide bonds. The molecule has 0 aliphatic carbocycles. The quantitative estimate of drug-likeness (QED) is 0.909. The van der Waals surface area contributed by atoms with Crippen LogP contribution in [-0.2, 0) is 4.79 Å². The molecule has 2 heterocycles. The number of carboxylic acids is 1. The van der Waals surface area contributed by atoms with Crippen LogP contribution in [0.3, 0.4) is 0 Å². The minimum atomic E-state index is -0.897. The number of amides is 2. The first-order valence-corrected chi connectivity index (χ1v) is 8.36. The number of carbonyl (C=O) groups excluding carboxylic acids is 2. The topological polar surface area (TPSA) is 91.1 Å². The Kier molecular flexibility index (Phi) is 4.79. The number of carbonyl (C=O) groups is 3. The number of aliphatic carboxylic acids is 1. The summed E-state index contributed by atoms with van der Waals surface area (Å²) in [5.74, 6) is -1.95. The molecular weight excluding hydrogens is 336 g/mol. The standard InChI is InChI=1S/C19H20N2O5/c1-12-13(19(24)25)9-10-21(12)17(22)14-6-3-4-7-15(14)20(2)18(23)16-8-5-11-26-16/h3-8,11-13H,9-10H2,1-2H3,(H,24,25). The van der Waals surface area contributed by atoms with Gasteiger partial charge >= 0.3 is 5.97 Å². The van der Waals surface area contributed by atoms with E-state index in [1.807, 2.05) is 0 Å². The van der Waals surface area contributed by atoms with Gasteiger partial charge in [0.1, 0.15) is 0 Å². The maximum atomic E-state index is 13.0. The van der Waals surface area contributed by atoms with Crippen LogP contribution in [0.15, 0.2) is 47.1 Å². The average molecular weight is 356 g/mol. The van der Waals surface area contributed by atoms with E-state index in [4.69, 9.17) is 4.42 Å². The first-order valence-electron chi connectivity index (χ1n) is 8.36. The SMILES string of the molecule is CC1C(C(=O)O)CCN1C(=O)c1ccccc1N(C)C(=O)c1ccco1. The number of furan rings is 1. The van der Waals surface area contributed by atoms with E-state index >= 15 is 0 Å². The maximum absolute atomic E-state index is 13.0. The zero-order chi connectivity index (χ0) is 18.8. The summed E-state index contributed by atoms with van der Waals surface area (Å²) in [4.78, 5) is 39.8. The van der Waals surface area contributed by atoms with Crippen molar-refractivity contribution in [3.05, 3.63) is 54.0 Å². The lowest BCUT2D eigenvalue weighted by atomic mass is 10.0. The van der Waals surface area contributed by atoms with Crippen molar-refractivity contribution in [2.45, 2.75) is 19.4 Å². The summed E-state index contributed by atoms with van der Waals surface area (Å²) in [6.07, 6.45) is 1.83. The predicted octanol–water partition coefficient (Wildman–Crippen LogP) is 2.49. The second-order valence-electron chi connectivity index (χ2n) is 6.33. The molecule has 0 spiro atoms. The van der Waals surface area contributed by atoms with Crippen molar-refractivity contribution >= 4 is 23.5 Å². The molecule has 2 atom stereocenters. The molecule has 1 aromatic carbocycles. The second-order valence-corrected chi connectivity index (χ2v) is 6.33. The summed E-state index contributed by atoms with van der Waals surface area (Å²) in [5, 5.41) is 9.27. The molecule has 0 radical (unpaired) electrons. The summed E-state index contributed by atoms with van der Waals surface area (Å²) in [6.45, 7) is 2.12. The largest absolute Gasteiger partial charge is 0.481 e. The van der Waals surface area contributed by atoms with Crippen molar-refractivity contribution in [3.63, 3.8) is 0 Å². The smallest absolute Gasteiger partial charge is 0.308 e. The highest BCUT2D eigenvalue weighted by Crippen LogP contribution is 2.29. The van der Waals surface area contributed by atoms with E-state index in [2.05, 4.69) is 0 Å². The van der Waals surface area contributed by atoms with E-state index in [0.717, 1.165) is 0 Å². The molecule has 136 valence electrons. The zero-order valence-corrected chi connectivity index (χ0v) is 14.6. The second kappa shape index (κ2) is 7.03. The Bertz CT molecular complexity index is 830. The van der Waals surface area contributed by atoms with E-state index in [9.17, 15) is 19.5 Å². The molecule has 1 fully saturated rings. The number of hydrogen-bond acceptors (Lipinski definition) is 4. The van der Waals surface area contributed by atoms with Crippen LogP contribution in [0.1, 0.15) is 34.3 Å². The molecular formula is C19H20N2O5. The van der Waals surface area contributed by atoms with Gasteiger partial charge in [0.25, 0.3) is 11.8 Å². The van der Waals surface area contributed by atoms with E-state index in [1.165, 1.54) is 11.2 Å². The summed E-state index contributed by atoms with van der Waals surface area (Å²) in [6, 6.07) is 9.56. The molecule has 1 N–H and O–H groups in total. The number of carboxylic acid groups (broad SMARTS) is 1. The third kappa shape index (κ3) is 3.08. The van der Waals surface area contributed by atoms with Crippen molar-refractivity contribution in [1.29, 1.82) is 0 Å². The molecule has 7 nitrogen and oxygen atoms in total. The van der Waals surface area contributed by atoms with Crippen LogP contribution in [0.5, 0.6) is 0 Å². The molecule has 1 aliphatic heterocycles. The van der Waals surface area contributed by atoms with Crippen LogP contribution in [0.2, 0.25) is 0 Å². The number of para-hydroxylation sites is 1. The highest BCUT2D eigenvalue weighted by Gasteiger charge is 2.39. The Morgan fingerprint density at radius 2 is 1.92 bits per heavy atom. The normalized spacial score (nSPS) is 19.4. The number of rotatable bonds is 4. The summed E-state index contributed by atoms with van der Waals surface area (Å²) in [5.41, 5.74) is 0.803. The molecule has 1 saturated heterocycles. The van der Waals surface area contributed by atoms with Crippen LogP contribution in [0.25, 0.3) is 0 Å². The van der Waals surface area contributed by atoms with Crippen LogP contribution in [-0.4, -0.2) is 47.4 Å². The molecule has 2 unspecified atom stereocenters. The minimum absolute atomic E-state index is 0.176. The van der Waals surface area contributed by atoms with E-state index in [0.29, 0.717) is 24.2 Å². The molecule has 1 aromatic heterocycles. The molecule has 2 aromatic rings. The fourth-order valence-corrected chi connectivity index (χ4v) is 3.33. The van der Waals surface area contributed by atoms with Gasteiger partial charge in [-0.2, -0.15) is 0 Å². The average Bonchev–Trinajstić information content (AvgIpc) is 3.29. The number of nitrogens with zero attached hydrogens (tertiary/aromatic N) is 2. The number of benzene rings is 1. The highest BCUT2D eigenvalue weighted by atomic mass is 16.4. The van der Waals surface area contributed by atoms with E-state index in [1.54, 1.807) is 55.3 Å². The van der Waals surface area contributed by atoms with Gasteiger partial charge in [0.15, 0.2) is 5.76 Å². The van der Waals surface area contributed by atoms with Gasteiger partial charge in [0.05, 0.1) is 23.4 Å². The molecule has 0 saturated carbocycles. The summed E-state index contributed by atoms with van der Waals surface area (Å²) >= 11 is 0. The Morgan fingerprint density at radius 1 is 1.19 bits per heavy atom. The van der Waals surface area contributed by atoms with Crippen molar-refractivity contribution < 1.29 is 23.9 Å². The number of anilines is 1. The van der Waals surface area contributed by atoms with Crippen molar-refractivity contribution in [1.82, 2.24) is 4.90 Å². The lowest BCUT2D eigenvalue weighted by molar-refractivity contribution is -0.142. The van der Waals surface area contributed by atoms with Crippen molar-refractivity contribution in [2.75, 3.05) is 18.5 Å². The first kappa shape index (κ1) is 17.7. The molecule has 7 heteroatoms. The van der Waals surface area contributed by atoms with Gasteiger partial charge in [-0.15, -0.1) is 0 Å². The van der Waals surface area contributed by atoms with Crippen LogP contribution < -0.4 is 4.90 Å². The highest BCUT2D eigenvalue weighted by molar-refractivity contribution is 6.09. The third-order valence-corrected chi connectivity index (χ3v) is 4.87. The maximum Gasteiger partial charge on any atom is 0.308 e. The van der Waals surface area contributed by atoms with Crippen LogP contribution >= 0.6 is 0 Å². The lowest BCUT2D eigenvalue weighted by Crippen LogP contribution is -2.38. The lowest BCUT2D eigenvalue weighted by Gasteiger charge is -2.26. The Morgan fingerprint density at radius 3 is 2.54 bits per heavy atom. The van der Waals surface area contributed by atoms with Gasteiger partial charge in [-0.3, -0.25) is 14.4 Å². The zero-order valence-electron chi connectivity index (χ0n) is 14.6. The number of hydrogen-bond donors (Lipinski definition) is 1. The van der Waals surface area contributed by atoms with Gasteiger partial charge in [-0.1, -0.05) is 12.1 Å². The fraction of sp³-hybridized carbons (Fsp3) is 0.316. The van der Waals surface area contributed by atoms with E-state index < -0.39 is 17.9 Å². The number of likely N-dealkylation sites (tertiary alicyclic amines) is 1. The van der Waals surface area contributed by atoms with Gasteiger partial charge in [0, 0.05) is 19.6 Å². The molecule has 0 bridgehead atoms. The minimum Gasteiger partial charge on any atom is -0.481 e.